The first kappa shape index (κ1) is 19.8. The van der Waals surface area contributed by atoms with Crippen molar-refractivity contribution in [1.29, 1.82) is 0 Å². The van der Waals surface area contributed by atoms with Crippen LogP contribution in [0.1, 0.15) is 24.2 Å². The van der Waals surface area contributed by atoms with Crippen LogP contribution in [-0.2, 0) is 23.2 Å². The number of hydrogen-bond donors (Lipinski definition) is 1. The van der Waals surface area contributed by atoms with Crippen molar-refractivity contribution in [2.75, 3.05) is 20.3 Å². The minimum absolute atomic E-state index is 0.0179. The van der Waals surface area contributed by atoms with Gasteiger partial charge in [0.05, 0.1) is 25.9 Å². The van der Waals surface area contributed by atoms with Gasteiger partial charge in [-0.05, 0) is 38.1 Å². The van der Waals surface area contributed by atoms with E-state index in [1.807, 2.05) is 0 Å². The van der Waals surface area contributed by atoms with Crippen LogP contribution in [0.2, 0.25) is 0 Å². The molecule has 1 aromatic rings. The van der Waals surface area contributed by atoms with Gasteiger partial charge < -0.3 is 24.4 Å². The van der Waals surface area contributed by atoms with E-state index in [-0.39, 0.29) is 18.8 Å². The van der Waals surface area contributed by atoms with E-state index in [1.54, 1.807) is 26.0 Å². The highest BCUT2D eigenvalue weighted by molar-refractivity contribution is 7.75. The predicted octanol–water partition coefficient (Wildman–Crippen LogP) is 1.92. The second-order valence-electron chi connectivity index (χ2n) is 4.22. The Hall–Kier alpha value is -2.22. The highest BCUT2D eigenvalue weighted by Crippen LogP contribution is 2.49. The molecule has 1 rings (SSSR count). The van der Waals surface area contributed by atoms with E-state index < -0.39 is 24.9 Å². The van der Waals surface area contributed by atoms with Gasteiger partial charge in [0.2, 0.25) is 0 Å². The lowest BCUT2D eigenvalue weighted by molar-refractivity contribution is -0.111. The van der Waals surface area contributed by atoms with E-state index in [0.717, 1.165) is 0 Å². The molecule has 2 N–H and O–H groups in total. The molecular formula is C14H19N2O7P. The van der Waals surface area contributed by atoms with Crippen molar-refractivity contribution in [3.8, 4) is 5.75 Å². The number of ether oxygens (including phenoxy) is 1. The van der Waals surface area contributed by atoms with Crippen LogP contribution >= 0.6 is 7.60 Å². The van der Waals surface area contributed by atoms with Crippen LogP contribution in [0.5, 0.6) is 5.75 Å². The second kappa shape index (κ2) is 9.17. The number of nitrogens with two attached hydrogens (primary N) is 1. The van der Waals surface area contributed by atoms with Gasteiger partial charge in [-0.1, -0.05) is 5.16 Å². The second-order valence-corrected chi connectivity index (χ2v) is 6.15. The molecule has 9 nitrogen and oxygen atoms in total. The molecule has 0 aliphatic rings. The quantitative estimate of drug-likeness (QED) is 0.309. The standard InChI is InChI=1S/C14H19N2O7P/c1-4-21-24(19,22-5-2)13(12(15)17)16-23-14(18)10-6-8-11(20-3)9-7-10/h6-9H,4-5H2,1-3H3,(H2,15,17)/b16-13+. The van der Waals surface area contributed by atoms with Crippen molar-refractivity contribution < 1.29 is 32.8 Å². The summed E-state index contributed by atoms with van der Waals surface area (Å²) in [5.41, 5.74) is 4.50. The maximum Gasteiger partial charge on any atom is 0.388 e. The van der Waals surface area contributed by atoms with Gasteiger partial charge in [0.15, 0.2) is 0 Å². The van der Waals surface area contributed by atoms with Gasteiger partial charge in [0.1, 0.15) is 5.75 Å². The van der Waals surface area contributed by atoms with Gasteiger partial charge >= 0.3 is 13.6 Å². The number of oxime groups is 1. The number of methoxy groups -OCH3 is 1. The number of carbonyl (C=O) groups is 2. The summed E-state index contributed by atoms with van der Waals surface area (Å²) >= 11 is 0. The lowest BCUT2D eigenvalue weighted by Gasteiger charge is -2.16. The molecule has 0 spiro atoms. The van der Waals surface area contributed by atoms with Crippen molar-refractivity contribution in [3.63, 3.8) is 0 Å². The summed E-state index contributed by atoms with van der Waals surface area (Å²) in [5.74, 6) is -1.51. The van der Waals surface area contributed by atoms with Crippen LogP contribution in [0.3, 0.4) is 0 Å². The van der Waals surface area contributed by atoms with Gasteiger partial charge in [-0.15, -0.1) is 0 Å². The van der Waals surface area contributed by atoms with Gasteiger partial charge in [-0.2, -0.15) is 0 Å². The summed E-state index contributed by atoms with van der Waals surface area (Å²) in [7, 11) is -2.59. The van der Waals surface area contributed by atoms with Gasteiger partial charge in [0.25, 0.3) is 11.4 Å². The first-order valence-corrected chi connectivity index (χ1v) is 8.55. The Kier molecular flexibility index (Phi) is 7.57. The molecule has 1 amide bonds. The molecule has 132 valence electrons. The van der Waals surface area contributed by atoms with Crippen molar-refractivity contribution in [2.45, 2.75) is 13.8 Å². The van der Waals surface area contributed by atoms with Crippen molar-refractivity contribution in [1.82, 2.24) is 0 Å². The third-order valence-electron chi connectivity index (χ3n) is 2.62. The average molecular weight is 358 g/mol. The van der Waals surface area contributed by atoms with Crippen molar-refractivity contribution >= 4 is 24.9 Å². The van der Waals surface area contributed by atoms with Crippen LogP contribution in [0, 0.1) is 0 Å². The van der Waals surface area contributed by atoms with Crippen molar-refractivity contribution in [2.24, 2.45) is 10.9 Å². The molecule has 0 fully saturated rings. The fourth-order valence-corrected chi connectivity index (χ4v) is 3.00. The Morgan fingerprint density at radius 3 is 2.08 bits per heavy atom. The minimum Gasteiger partial charge on any atom is -0.497 e. The summed E-state index contributed by atoms with van der Waals surface area (Å²) in [6.07, 6.45) is 0. The summed E-state index contributed by atoms with van der Waals surface area (Å²) in [4.78, 5) is 28.0. The zero-order chi connectivity index (χ0) is 18.2. The summed E-state index contributed by atoms with van der Waals surface area (Å²) < 4.78 is 27.4. The Morgan fingerprint density at radius 1 is 1.12 bits per heavy atom. The molecule has 24 heavy (non-hydrogen) atoms. The zero-order valence-corrected chi connectivity index (χ0v) is 14.4. The Bertz CT molecular complexity index is 648. The van der Waals surface area contributed by atoms with Crippen LogP contribution in [0.4, 0.5) is 0 Å². The molecule has 1 aromatic carbocycles. The van der Waals surface area contributed by atoms with Crippen LogP contribution in [0.25, 0.3) is 0 Å². The van der Waals surface area contributed by atoms with Gasteiger partial charge in [0, 0.05) is 0 Å². The topological polar surface area (TPSA) is 127 Å². The number of rotatable bonds is 9. The first-order chi connectivity index (χ1) is 11.4. The largest absolute Gasteiger partial charge is 0.497 e. The molecule has 0 radical (unpaired) electrons. The zero-order valence-electron chi connectivity index (χ0n) is 13.6. The molecule has 0 unspecified atom stereocenters. The SMILES string of the molecule is CCOP(=O)(OCC)/C(=N/OC(=O)c1ccc(OC)cc1)C(N)=O. The Morgan fingerprint density at radius 2 is 1.67 bits per heavy atom. The Balaban J connectivity index is 3.01. The molecule has 0 saturated heterocycles. The van der Waals surface area contributed by atoms with Crippen LogP contribution in [-0.4, -0.2) is 37.7 Å². The normalized spacial score (nSPS) is 11.9. The van der Waals surface area contributed by atoms with Crippen molar-refractivity contribution in [3.05, 3.63) is 29.8 Å². The lowest BCUT2D eigenvalue weighted by atomic mass is 10.2. The third kappa shape index (κ3) is 5.16. The van der Waals surface area contributed by atoms with Crippen LogP contribution < -0.4 is 10.5 Å². The smallest absolute Gasteiger partial charge is 0.388 e. The van der Waals surface area contributed by atoms with Crippen LogP contribution in [0.15, 0.2) is 29.4 Å². The number of carbonyl (C=O) groups excluding carboxylic acids is 2. The number of amides is 1. The number of nitrogens with zero attached hydrogens (tertiary/aromatic N) is 1. The molecule has 0 saturated carbocycles. The average Bonchev–Trinajstić information content (AvgIpc) is 2.55. The fourth-order valence-electron chi connectivity index (χ4n) is 1.59. The highest BCUT2D eigenvalue weighted by Gasteiger charge is 2.37. The molecule has 0 aliphatic carbocycles. The monoisotopic (exact) mass is 358 g/mol. The van der Waals surface area contributed by atoms with E-state index in [9.17, 15) is 14.2 Å². The number of hydrogen-bond acceptors (Lipinski definition) is 8. The Labute approximate surface area is 139 Å². The maximum absolute atomic E-state index is 12.5. The van der Waals surface area contributed by atoms with E-state index in [2.05, 4.69) is 9.99 Å². The lowest BCUT2D eigenvalue weighted by Crippen LogP contribution is -2.26. The first-order valence-electron chi connectivity index (χ1n) is 7.00. The summed E-state index contributed by atoms with van der Waals surface area (Å²) in [5, 5.41) is 3.30. The fraction of sp³-hybridized carbons (Fsp3) is 0.357. The molecular weight excluding hydrogens is 339 g/mol. The molecule has 0 aromatic heterocycles. The maximum atomic E-state index is 12.5. The summed E-state index contributed by atoms with van der Waals surface area (Å²) in [6.45, 7) is 3.06. The van der Waals surface area contributed by atoms with Gasteiger partial charge in [-0.3, -0.25) is 9.36 Å². The third-order valence-corrected chi connectivity index (χ3v) is 4.64. The molecule has 0 heterocycles. The number of primary amides is 1. The van der Waals surface area contributed by atoms with E-state index >= 15 is 0 Å². The molecule has 0 aliphatic heterocycles. The minimum atomic E-state index is -4.07. The molecule has 0 atom stereocenters. The number of benzene rings is 1. The van der Waals surface area contributed by atoms with E-state index in [1.165, 1.54) is 19.2 Å². The van der Waals surface area contributed by atoms with E-state index in [4.69, 9.17) is 19.5 Å². The molecule has 10 heteroatoms. The van der Waals surface area contributed by atoms with E-state index in [0.29, 0.717) is 5.75 Å². The molecule has 0 bridgehead atoms. The highest BCUT2D eigenvalue weighted by atomic mass is 31.2. The predicted molar refractivity (Wildman–Crippen MR) is 85.9 cm³/mol. The van der Waals surface area contributed by atoms with Gasteiger partial charge in [-0.25, -0.2) is 4.79 Å². The summed E-state index contributed by atoms with van der Waals surface area (Å²) in [6, 6.07) is 5.96.